The summed E-state index contributed by atoms with van der Waals surface area (Å²) in [7, 11) is 0. The van der Waals surface area contributed by atoms with E-state index in [0.29, 0.717) is 22.3 Å². The molecule has 0 aliphatic carbocycles. The SMILES string of the molecule is NC(=O)c1ccc(-c2noc(-c3cccc(Cl)c3)n2)cc1. The summed E-state index contributed by atoms with van der Waals surface area (Å²) in [6, 6.07) is 13.8. The molecular weight excluding hydrogens is 290 g/mol. The number of carbonyl (C=O) groups is 1. The predicted octanol–water partition coefficient (Wildman–Crippen LogP) is 3.16. The number of rotatable bonds is 3. The minimum absolute atomic E-state index is 0.381. The zero-order valence-electron chi connectivity index (χ0n) is 10.8. The highest BCUT2D eigenvalue weighted by Crippen LogP contribution is 2.24. The molecule has 2 N–H and O–H groups in total. The maximum absolute atomic E-state index is 11.0. The Hall–Kier alpha value is -2.66. The van der Waals surface area contributed by atoms with Crippen molar-refractivity contribution in [3.63, 3.8) is 0 Å². The lowest BCUT2D eigenvalue weighted by molar-refractivity contribution is 0.100. The molecule has 5 nitrogen and oxygen atoms in total. The van der Waals surface area contributed by atoms with Crippen LogP contribution in [0.1, 0.15) is 10.4 Å². The molecule has 1 aromatic heterocycles. The number of amides is 1. The maximum Gasteiger partial charge on any atom is 0.258 e. The Morgan fingerprint density at radius 3 is 2.52 bits per heavy atom. The minimum atomic E-state index is -0.478. The second-order valence-corrected chi connectivity index (χ2v) is 4.81. The van der Waals surface area contributed by atoms with Crippen molar-refractivity contribution in [2.75, 3.05) is 0 Å². The highest BCUT2D eigenvalue weighted by Gasteiger charge is 2.11. The van der Waals surface area contributed by atoms with Gasteiger partial charge in [0.25, 0.3) is 5.89 Å². The summed E-state index contributed by atoms with van der Waals surface area (Å²) in [6.45, 7) is 0. The second-order valence-electron chi connectivity index (χ2n) is 4.38. The van der Waals surface area contributed by atoms with Gasteiger partial charge in [0.2, 0.25) is 11.7 Å². The standard InChI is InChI=1S/C15H10ClN3O2/c16-12-3-1-2-11(8-12)15-18-14(19-21-15)10-6-4-9(5-7-10)13(17)20/h1-8H,(H2,17,20). The molecule has 0 atom stereocenters. The Kier molecular flexibility index (Phi) is 3.41. The number of carbonyl (C=O) groups excluding carboxylic acids is 1. The van der Waals surface area contributed by atoms with Crippen LogP contribution in [0.3, 0.4) is 0 Å². The van der Waals surface area contributed by atoms with Crippen LogP contribution in [0.2, 0.25) is 5.02 Å². The highest BCUT2D eigenvalue weighted by molar-refractivity contribution is 6.30. The average molecular weight is 300 g/mol. The molecule has 104 valence electrons. The highest BCUT2D eigenvalue weighted by atomic mass is 35.5. The number of hydrogen-bond acceptors (Lipinski definition) is 4. The fourth-order valence-electron chi connectivity index (χ4n) is 1.86. The van der Waals surface area contributed by atoms with E-state index >= 15 is 0 Å². The van der Waals surface area contributed by atoms with Gasteiger partial charge in [-0.2, -0.15) is 4.98 Å². The number of nitrogens with two attached hydrogens (primary N) is 1. The minimum Gasteiger partial charge on any atom is -0.366 e. The molecule has 0 aliphatic heterocycles. The Bertz CT molecular complexity index is 797. The number of halogens is 1. The molecule has 0 unspecified atom stereocenters. The summed E-state index contributed by atoms with van der Waals surface area (Å²) in [4.78, 5) is 15.3. The predicted molar refractivity (Wildman–Crippen MR) is 78.7 cm³/mol. The topological polar surface area (TPSA) is 82.0 Å². The van der Waals surface area contributed by atoms with Crippen molar-refractivity contribution in [1.29, 1.82) is 0 Å². The fourth-order valence-corrected chi connectivity index (χ4v) is 2.05. The average Bonchev–Trinajstić information content (AvgIpc) is 2.97. The molecule has 21 heavy (non-hydrogen) atoms. The Morgan fingerprint density at radius 2 is 1.86 bits per heavy atom. The summed E-state index contributed by atoms with van der Waals surface area (Å²) < 4.78 is 5.23. The van der Waals surface area contributed by atoms with Crippen LogP contribution in [0.15, 0.2) is 53.1 Å². The van der Waals surface area contributed by atoms with E-state index in [1.165, 1.54) is 0 Å². The van der Waals surface area contributed by atoms with Crippen LogP contribution in [0.5, 0.6) is 0 Å². The summed E-state index contributed by atoms with van der Waals surface area (Å²) >= 11 is 5.93. The number of benzene rings is 2. The Balaban J connectivity index is 1.93. The molecule has 3 aromatic rings. The molecule has 0 bridgehead atoms. The first-order valence-corrected chi connectivity index (χ1v) is 6.51. The van der Waals surface area contributed by atoms with Crippen molar-refractivity contribution in [2.24, 2.45) is 5.73 Å². The molecule has 0 fully saturated rings. The van der Waals surface area contributed by atoms with Gasteiger partial charge < -0.3 is 10.3 Å². The molecular formula is C15H10ClN3O2. The third-order valence-corrected chi connectivity index (χ3v) is 3.16. The van der Waals surface area contributed by atoms with Crippen molar-refractivity contribution in [1.82, 2.24) is 10.1 Å². The van der Waals surface area contributed by atoms with Gasteiger partial charge in [-0.05, 0) is 30.3 Å². The lowest BCUT2D eigenvalue weighted by atomic mass is 10.1. The van der Waals surface area contributed by atoms with Crippen LogP contribution in [-0.2, 0) is 0 Å². The van der Waals surface area contributed by atoms with Gasteiger partial charge in [0, 0.05) is 21.7 Å². The van der Waals surface area contributed by atoms with Crippen molar-refractivity contribution in [3.05, 3.63) is 59.1 Å². The first-order chi connectivity index (χ1) is 10.1. The Morgan fingerprint density at radius 1 is 1.10 bits per heavy atom. The van der Waals surface area contributed by atoms with E-state index in [4.69, 9.17) is 21.9 Å². The summed E-state index contributed by atoms with van der Waals surface area (Å²) in [5.41, 5.74) is 7.10. The molecule has 1 heterocycles. The Labute approximate surface area is 125 Å². The van der Waals surface area contributed by atoms with Gasteiger partial charge in [0.1, 0.15) is 0 Å². The molecule has 0 saturated heterocycles. The molecule has 2 aromatic carbocycles. The number of primary amides is 1. The van der Waals surface area contributed by atoms with E-state index in [-0.39, 0.29) is 0 Å². The van der Waals surface area contributed by atoms with Crippen LogP contribution in [0.4, 0.5) is 0 Å². The van der Waals surface area contributed by atoms with Gasteiger partial charge >= 0.3 is 0 Å². The normalized spacial score (nSPS) is 10.5. The molecule has 1 amide bonds. The van der Waals surface area contributed by atoms with Crippen molar-refractivity contribution >= 4 is 17.5 Å². The zero-order chi connectivity index (χ0) is 14.8. The summed E-state index contributed by atoms with van der Waals surface area (Å²) in [6.07, 6.45) is 0. The molecule has 6 heteroatoms. The smallest absolute Gasteiger partial charge is 0.258 e. The van der Waals surface area contributed by atoms with Gasteiger partial charge in [-0.25, -0.2) is 0 Å². The van der Waals surface area contributed by atoms with Crippen LogP contribution in [0.25, 0.3) is 22.8 Å². The van der Waals surface area contributed by atoms with Gasteiger partial charge in [-0.3, -0.25) is 4.79 Å². The number of aromatic nitrogens is 2. The lowest BCUT2D eigenvalue weighted by Crippen LogP contribution is -2.10. The van der Waals surface area contributed by atoms with E-state index in [2.05, 4.69) is 10.1 Å². The maximum atomic E-state index is 11.0. The second kappa shape index (κ2) is 5.38. The first kappa shape index (κ1) is 13.3. The molecule has 0 aliphatic rings. The monoisotopic (exact) mass is 299 g/mol. The van der Waals surface area contributed by atoms with Crippen LogP contribution in [-0.4, -0.2) is 16.0 Å². The van der Waals surface area contributed by atoms with Crippen LogP contribution < -0.4 is 5.73 Å². The number of hydrogen-bond donors (Lipinski definition) is 1. The van der Waals surface area contributed by atoms with Gasteiger partial charge in [0.05, 0.1) is 0 Å². The van der Waals surface area contributed by atoms with Crippen LogP contribution >= 0.6 is 11.6 Å². The third kappa shape index (κ3) is 2.78. The van der Waals surface area contributed by atoms with Crippen LogP contribution in [0, 0.1) is 0 Å². The van der Waals surface area contributed by atoms with E-state index in [1.54, 1.807) is 36.4 Å². The van der Waals surface area contributed by atoms with Gasteiger partial charge in [-0.1, -0.05) is 35.0 Å². The van der Waals surface area contributed by atoms with E-state index < -0.39 is 5.91 Å². The zero-order valence-corrected chi connectivity index (χ0v) is 11.5. The summed E-state index contributed by atoms with van der Waals surface area (Å²) in [5, 5.41) is 4.52. The molecule has 0 radical (unpaired) electrons. The van der Waals surface area contributed by atoms with E-state index in [9.17, 15) is 4.79 Å². The van der Waals surface area contributed by atoms with Gasteiger partial charge in [-0.15, -0.1) is 0 Å². The summed E-state index contributed by atoms with van der Waals surface area (Å²) in [5.74, 6) is 0.335. The molecule has 0 saturated carbocycles. The van der Waals surface area contributed by atoms with Crippen molar-refractivity contribution in [2.45, 2.75) is 0 Å². The first-order valence-electron chi connectivity index (χ1n) is 6.13. The molecule has 3 rings (SSSR count). The third-order valence-electron chi connectivity index (χ3n) is 2.93. The largest absolute Gasteiger partial charge is 0.366 e. The van der Waals surface area contributed by atoms with Gasteiger partial charge in [0.15, 0.2) is 0 Å². The quantitative estimate of drug-likeness (QED) is 0.805. The fraction of sp³-hybridized carbons (Fsp3) is 0. The lowest BCUT2D eigenvalue weighted by Gasteiger charge is -1.96. The number of nitrogens with zero attached hydrogens (tertiary/aromatic N) is 2. The molecule has 0 spiro atoms. The van der Waals surface area contributed by atoms with Crippen molar-refractivity contribution < 1.29 is 9.32 Å². The van der Waals surface area contributed by atoms with E-state index in [1.807, 2.05) is 12.1 Å². The van der Waals surface area contributed by atoms with E-state index in [0.717, 1.165) is 11.1 Å². The van der Waals surface area contributed by atoms with Crippen molar-refractivity contribution in [3.8, 4) is 22.8 Å².